The van der Waals surface area contributed by atoms with Gasteiger partial charge >= 0.3 is 0 Å². The van der Waals surface area contributed by atoms with Crippen molar-refractivity contribution in [3.05, 3.63) is 59.2 Å². The van der Waals surface area contributed by atoms with Crippen LogP contribution in [-0.2, 0) is 24.2 Å². The minimum atomic E-state index is -0.0431. The molecule has 2 rings (SSSR count). The molecule has 0 radical (unpaired) electrons. The van der Waals surface area contributed by atoms with Crippen molar-refractivity contribution in [1.29, 1.82) is 0 Å². The number of benzene rings is 2. The SMILES string of the molecule is CCc1ccc(OC)c(CNC(=O)Cc2ccccc2OC)c1. The molecule has 0 spiro atoms. The molecule has 0 heterocycles. The van der Waals surface area contributed by atoms with Crippen LogP contribution in [-0.4, -0.2) is 20.1 Å². The lowest BCUT2D eigenvalue weighted by atomic mass is 10.1. The van der Waals surface area contributed by atoms with Crippen LogP contribution in [0.3, 0.4) is 0 Å². The summed E-state index contributed by atoms with van der Waals surface area (Å²) in [7, 11) is 3.25. The first-order valence-electron chi connectivity index (χ1n) is 7.72. The lowest BCUT2D eigenvalue weighted by Crippen LogP contribution is -2.25. The molecule has 1 amide bonds. The third kappa shape index (κ3) is 4.49. The van der Waals surface area contributed by atoms with Crippen LogP contribution in [0, 0.1) is 0 Å². The van der Waals surface area contributed by atoms with Crippen LogP contribution in [0.15, 0.2) is 42.5 Å². The zero-order valence-electron chi connectivity index (χ0n) is 13.9. The van der Waals surface area contributed by atoms with E-state index in [9.17, 15) is 4.79 Å². The fraction of sp³-hybridized carbons (Fsp3) is 0.316. The molecule has 0 saturated carbocycles. The first-order chi connectivity index (χ1) is 11.2. The highest BCUT2D eigenvalue weighted by Crippen LogP contribution is 2.21. The Morgan fingerprint density at radius 3 is 2.39 bits per heavy atom. The quantitative estimate of drug-likeness (QED) is 0.854. The number of hydrogen-bond acceptors (Lipinski definition) is 3. The summed E-state index contributed by atoms with van der Waals surface area (Å²) in [5.74, 6) is 1.48. The van der Waals surface area contributed by atoms with Crippen LogP contribution >= 0.6 is 0 Å². The van der Waals surface area contributed by atoms with Crippen molar-refractivity contribution in [2.45, 2.75) is 26.3 Å². The van der Waals surface area contributed by atoms with E-state index in [4.69, 9.17) is 9.47 Å². The molecule has 1 N–H and O–H groups in total. The monoisotopic (exact) mass is 313 g/mol. The molecule has 0 saturated heterocycles. The summed E-state index contributed by atoms with van der Waals surface area (Å²) in [6.45, 7) is 2.55. The zero-order chi connectivity index (χ0) is 16.7. The Morgan fingerprint density at radius 1 is 1.00 bits per heavy atom. The van der Waals surface area contributed by atoms with E-state index >= 15 is 0 Å². The van der Waals surface area contributed by atoms with E-state index in [1.54, 1.807) is 14.2 Å². The number of amides is 1. The van der Waals surface area contributed by atoms with Crippen LogP contribution in [0.4, 0.5) is 0 Å². The van der Waals surface area contributed by atoms with Gasteiger partial charge in [-0.1, -0.05) is 37.3 Å². The largest absolute Gasteiger partial charge is 0.496 e. The Bertz CT molecular complexity index is 667. The van der Waals surface area contributed by atoms with Gasteiger partial charge in [0.05, 0.1) is 20.6 Å². The number of aryl methyl sites for hydroxylation is 1. The van der Waals surface area contributed by atoms with Crippen molar-refractivity contribution in [1.82, 2.24) is 5.32 Å². The molecular weight excluding hydrogens is 290 g/mol. The molecule has 4 nitrogen and oxygen atoms in total. The Kier molecular flexibility index (Phi) is 6.03. The number of para-hydroxylation sites is 1. The normalized spacial score (nSPS) is 10.2. The van der Waals surface area contributed by atoms with Crippen LogP contribution in [0.2, 0.25) is 0 Å². The van der Waals surface area contributed by atoms with E-state index < -0.39 is 0 Å². The Labute approximate surface area is 137 Å². The fourth-order valence-electron chi connectivity index (χ4n) is 2.47. The van der Waals surface area contributed by atoms with Gasteiger partial charge < -0.3 is 14.8 Å². The van der Waals surface area contributed by atoms with Gasteiger partial charge in [0.1, 0.15) is 11.5 Å². The maximum absolute atomic E-state index is 12.2. The lowest BCUT2D eigenvalue weighted by Gasteiger charge is -2.12. The number of ether oxygens (including phenoxy) is 2. The van der Waals surface area contributed by atoms with E-state index in [-0.39, 0.29) is 5.91 Å². The molecule has 2 aromatic carbocycles. The summed E-state index contributed by atoms with van der Waals surface area (Å²) in [6, 6.07) is 13.6. The summed E-state index contributed by atoms with van der Waals surface area (Å²) in [5, 5.41) is 2.95. The molecule has 0 bridgehead atoms. The fourth-order valence-corrected chi connectivity index (χ4v) is 2.47. The van der Waals surface area contributed by atoms with Gasteiger partial charge in [0.25, 0.3) is 0 Å². The average Bonchev–Trinajstić information content (AvgIpc) is 2.60. The second-order valence-electron chi connectivity index (χ2n) is 5.27. The maximum atomic E-state index is 12.2. The van der Waals surface area contributed by atoms with E-state index in [2.05, 4.69) is 18.3 Å². The molecule has 0 aliphatic heterocycles. The summed E-state index contributed by atoms with van der Waals surface area (Å²) in [4.78, 5) is 12.2. The first-order valence-corrected chi connectivity index (χ1v) is 7.72. The molecular formula is C19H23NO3. The van der Waals surface area contributed by atoms with Crippen molar-refractivity contribution >= 4 is 5.91 Å². The van der Waals surface area contributed by atoms with E-state index in [0.717, 1.165) is 29.0 Å². The van der Waals surface area contributed by atoms with Crippen molar-refractivity contribution in [3.63, 3.8) is 0 Å². The smallest absolute Gasteiger partial charge is 0.224 e. The summed E-state index contributed by atoms with van der Waals surface area (Å²) >= 11 is 0. The number of carbonyl (C=O) groups excluding carboxylic acids is 1. The predicted molar refractivity (Wildman–Crippen MR) is 90.9 cm³/mol. The van der Waals surface area contributed by atoms with Crippen LogP contribution in [0.25, 0.3) is 0 Å². The number of methoxy groups -OCH3 is 2. The minimum Gasteiger partial charge on any atom is -0.496 e. The summed E-state index contributed by atoms with van der Waals surface area (Å²) < 4.78 is 10.6. The molecule has 0 aliphatic carbocycles. The number of rotatable bonds is 7. The molecule has 122 valence electrons. The van der Waals surface area contributed by atoms with Crippen molar-refractivity contribution < 1.29 is 14.3 Å². The van der Waals surface area contributed by atoms with Gasteiger partial charge in [-0.2, -0.15) is 0 Å². The second kappa shape index (κ2) is 8.22. The predicted octanol–water partition coefficient (Wildman–Crippen LogP) is 3.13. The first kappa shape index (κ1) is 16.9. The van der Waals surface area contributed by atoms with E-state index in [0.29, 0.717) is 13.0 Å². The Balaban J connectivity index is 2.02. The van der Waals surface area contributed by atoms with Crippen LogP contribution in [0.5, 0.6) is 11.5 Å². The average molecular weight is 313 g/mol. The van der Waals surface area contributed by atoms with Crippen molar-refractivity contribution in [2.24, 2.45) is 0 Å². The van der Waals surface area contributed by atoms with Gasteiger partial charge in [-0.15, -0.1) is 0 Å². The van der Waals surface area contributed by atoms with Crippen LogP contribution < -0.4 is 14.8 Å². The summed E-state index contributed by atoms with van der Waals surface area (Å²) in [5.41, 5.74) is 3.08. The highest BCUT2D eigenvalue weighted by molar-refractivity contribution is 5.79. The van der Waals surface area contributed by atoms with Gasteiger partial charge in [0.15, 0.2) is 0 Å². The van der Waals surface area contributed by atoms with Gasteiger partial charge in [0, 0.05) is 17.7 Å². The highest BCUT2D eigenvalue weighted by Gasteiger charge is 2.10. The van der Waals surface area contributed by atoms with Gasteiger partial charge in [-0.25, -0.2) is 0 Å². The second-order valence-corrected chi connectivity index (χ2v) is 5.27. The third-order valence-electron chi connectivity index (χ3n) is 3.77. The number of hydrogen-bond donors (Lipinski definition) is 1. The van der Waals surface area contributed by atoms with E-state index in [1.165, 1.54) is 5.56 Å². The van der Waals surface area contributed by atoms with Crippen molar-refractivity contribution in [2.75, 3.05) is 14.2 Å². The molecule has 4 heteroatoms. The Morgan fingerprint density at radius 2 is 1.70 bits per heavy atom. The van der Waals surface area contributed by atoms with Crippen molar-refractivity contribution in [3.8, 4) is 11.5 Å². The molecule has 0 fully saturated rings. The van der Waals surface area contributed by atoms with Gasteiger partial charge in [-0.3, -0.25) is 4.79 Å². The van der Waals surface area contributed by atoms with Crippen LogP contribution in [0.1, 0.15) is 23.6 Å². The van der Waals surface area contributed by atoms with Gasteiger partial charge in [0.2, 0.25) is 5.91 Å². The topological polar surface area (TPSA) is 47.6 Å². The van der Waals surface area contributed by atoms with Gasteiger partial charge in [-0.05, 0) is 24.1 Å². The molecule has 0 aliphatic rings. The highest BCUT2D eigenvalue weighted by atomic mass is 16.5. The molecule has 2 aromatic rings. The number of nitrogens with one attached hydrogen (secondary N) is 1. The molecule has 23 heavy (non-hydrogen) atoms. The lowest BCUT2D eigenvalue weighted by molar-refractivity contribution is -0.120. The minimum absolute atomic E-state index is 0.0431. The molecule has 0 atom stereocenters. The maximum Gasteiger partial charge on any atom is 0.224 e. The zero-order valence-corrected chi connectivity index (χ0v) is 13.9. The standard InChI is InChI=1S/C19H23NO3/c1-4-14-9-10-18(23-3)16(11-14)13-20-19(21)12-15-7-5-6-8-17(15)22-2/h5-11H,4,12-13H2,1-3H3,(H,20,21). The molecule has 0 aromatic heterocycles. The Hall–Kier alpha value is -2.49. The van der Waals surface area contributed by atoms with E-state index in [1.807, 2.05) is 36.4 Å². The number of carbonyl (C=O) groups is 1. The third-order valence-corrected chi connectivity index (χ3v) is 3.77. The molecule has 0 unspecified atom stereocenters. The summed E-state index contributed by atoms with van der Waals surface area (Å²) in [6.07, 6.45) is 1.24.